The van der Waals surface area contributed by atoms with Gasteiger partial charge in [-0.1, -0.05) is 0 Å². The normalized spacial score (nSPS) is 10.6. The molecule has 1 heterocycles. The van der Waals surface area contributed by atoms with Crippen molar-refractivity contribution in [2.24, 2.45) is 0 Å². The number of pyridine rings is 1. The van der Waals surface area contributed by atoms with Crippen LogP contribution in [0.5, 0.6) is 5.88 Å². The van der Waals surface area contributed by atoms with E-state index in [4.69, 9.17) is 10.5 Å². The van der Waals surface area contributed by atoms with Gasteiger partial charge in [-0.2, -0.15) is 4.98 Å². The van der Waals surface area contributed by atoms with Gasteiger partial charge in [0.05, 0.1) is 23.3 Å². The molecule has 19 heavy (non-hydrogen) atoms. The molecule has 0 saturated carbocycles. The summed E-state index contributed by atoms with van der Waals surface area (Å²) in [7, 11) is 6.78. The van der Waals surface area contributed by atoms with Crippen LogP contribution in [-0.4, -0.2) is 49.6 Å². The Hall–Kier alpha value is -2.09. The van der Waals surface area contributed by atoms with Crippen LogP contribution < -0.4 is 15.8 Å². The van der Waals surface area contributed by atoms with Gasteiger partial charge in [-0.05, 0) is 20.5 Å². The van der Waals surface area contributed by atoms with E-state index in [2.05, 4.69) is 10.3 Å². The van der Waals surface area contributed by atoms with E-state index >= 15 is 0 Å². The number of nitrogens with two attached hydrogens (primary N) is 1. The summed E-state index contributed by atoms with van der Waals surface area (Å²) < 4.78 is 4.99. The minimum atomic E-state index is -0.507. The van der Waals surface area contributed by atoms with Gasteiger partial charge in [0, 0.05) is 13.6 Å². The molecule has 0 atom stereocenters. The molecule has 0 saturated heterocycles. The van der Waals surface area contributed by atoms with Crippen LogP contribution in [0.15, 0.2) is 0 Å². The van der Waals surface area contributed by atoms with Crippen molar-refractivity contribution in [1.82, 2.24) is 9.88 Å². The first-order chi connectivity index (χ1) is 8.92. The summed E-state index contributed by atoms with van der Waals surface area (Å²) in [6, 6.07) is 0. The molecule has 0 spiro atoms. The number of likely N-dealkylation sites (N-methyl/N-ethyl adjacent to an activating group) is 1. The first kappa shape index (κ1) is 15.0. The summed E-state index contributed by atoms with van der Waals surface area (Å²) in [5.41, 5.74) is 6.50. The highest BCUT2D eigenvalue weighted by atomic mass is 16.6. The van der Waals surface area contributed by atoms with E-state index < -0.39 is 4.92 Å². The zero-order chi connectivity index (χ0) is 14.6. The summed E-state index contributed by atoms with van der Waals surface area (Å²) in [6.07, 6.45) is 0.447. The Kier molecular flexibility index (Phi) is 4.87. The topological polar surface area (TPSA) is 107 Å². The molecule has 8 nitrogen and oxygen atoms in total. The predicted octanol–water partition coefficient (Wildman–Crippen LogP) is 0.726. The number of nitrogen functional groups attached to an aromatic ring is 1. The molecule has 8 heteroatoms. The number of methoxy groups -OCH3 is 1. The zero-order valence-corrected chi connectivity index (χ0v) is 11.6. The first-order valence-corrected chi connectivity index (χ1v) is 5.75. The highest BCUT2D eigenvalue weighted by Crippen LogP contribution is 2.37. The van der Waals surface area contributed by atoms with Gasteiger partial charge < -0.3 is 20.7 Å². The van der Waals surface area contributed by atoms with Crippen LogP contribution in [0, 0.1) is 10.1 Å². The van der Waals surface area contributed by atoms with Crippen LogP contribution in [0.4, 0.5) is 17.2 Å². The van der Waals surface area contributed by atoms with Gasteiger partial charge in [-0.3, -0.25) is 10.1 Å². The maximum Gasteiger partial charge on any atom is 0.336 e. The lowest BCUT2D eigenvalue weighted by Crippen LogP contribution is -2.17. The van der Waals surface area contributed by atoms with Crippen molar-refractivity contribution in [3.05, 3.63) is 15.7 Å². The second kappa shape index (κ2) is 6.19. The van der Waals surface area contributed by atoms with E-state index in [0.717, 1.165) is 0 Å². The minimum Gasteiger partial charge on any atom is -0.476 e. The van der Waals surface area contributed by atoms with Gasteiger partial charge in [0.1, 0.15) is 0 Å². The zero-order valence-electron chi connectivity index (χ0n) is 11.6. The Labute approximate surface area is 111 Å². The van der Waals surface area contributed by atoms with Crippen LogP contribution in [0.25, 0.3) is 0 Å². The Morgan fingerprint density at radius 2 is 2.16 bits per heavy atom. The predicted molar refractivity (Wildman–Crippen MR) is 73.7 cm³/mol. The number of hydrogen-bond acceptors (Lipinski definition) is 7. The van der Waals surface area contributed by atoms with Gasteiger partial charge in [0.25, 0.3) is 5.88 Å². The molecule has 0 aliphatic rings. The maximum atomic E-state index is 11.2. The largest absolute Gasteiger partial charge is 0.476 e. The van der Waals surface area contributed by atoms with Gasteiger partial charge in [-0.25, -0.2) is 0 Å². The van der Waals surface area contributed by atoms with Crippen LogP contribution in [0.1, 0.15) is 5.56 Å². The quantitative estimate of drug-likeness (QED) is 0.579. The van der Waals surface area contributed by atoms with Gasteiger partial charge in [0.2, 0.25) is 0 Å². The fourth-order valence-electron chi connectivity index (χ4n) is 1.72. The molecule has 0 bridgehead atoms. The number of rotatable bonds is 6. The molecule has 1 aromatic heterocycles. The number of nitro groups is 1. The Balaban J connectivity index is 3.39. The SMILES string of the molecule is CNc1nc(OC)c([N+](=O)[O-])c(CCN(C)C)c1N. The monoisotopic (exact) mass is 269 g/mol. The Bertz CT molecular complexity index is 476. The highest BCUT2D eigenvalue weighted by Gasteiger charge is 2.27. The summed E-state index contributed by atoms with van der Waals surface area (Å²) >= 11 is 0. The van der Waals surface area contributed by atoms with Crippen LogP contribution in [-0.2, 0) is 6.42 Å². The number of ether oxygens (including phenoxy) is 1. The van der Waals surface area contributed by atoms with Crippen molar-refractivity contribution >= 4 is 17.2 Å². The Morgan fingerprint density at radius 1 is 1.53 bits per heavy atom. The molecule has 0 aromatic carbocycles. The maximum absolute atomic E-state index is 11.2. The summed E-state index contributed by atoms with van der Waals surface area (Å²) in [5.74, 6) is 0.355. The van der Waals surface area contributed by atoms with Crippen molar-refractivity contribution in [2.45, 2.75) is 6.42 Å². The molecule has 0 aliphatic carbocycles. The molecule has 1 aromatic rings. The van der Waals surface area contributed by atoms with Gasteiger partial charge in [0.15, 0.2) is 5.82 Å². The van der Waals surface area contributed by atoms with E-state index in [-0.39, 0.29) is 17.3 Å². The fraction of sp³-hybridized carbons (Fsp3) is 0.545. The molecule has 0 fully saturated rings. The fourth-order valence-corrected chi connectivity index (χ4v) is 1.72. The second-order valence-corrected chi connectivity index (χ2v) is 4.27. The highest BCUT2D eigenvalue weighted by molar-refractivity contribution is 5.73. The van der Waals surface area contributed by atoms with Crippen molar-refractivity contribution < 1.29 is 9.66 Å². The van der Waals surface area contributed by atoms with E-state index in [1.165, 1.54) is 7.11 Å². The first-order valence-electron chi connectivity index (χ1n) is 5.75. The van der Waals surface area contributed by atoms with Crippen LogP contribution >= 0.6 is 0 Å². The van der Waals surface area contributed by atoms with Gasteiger partial charge in [-0.15, -0.1) is 0 Å². The molecule has 1 rings (SSSR count). The standard InChI is InChI=1S/C11H19N5O3/c1-13-10-8(12)7(5-6-15(2)3)9(16(17)18)11(14-10)19-4/h5-6,12H2,1-4H3,(H,13,14). The third-order valence-electron chi connectivity index (χ3n) is 2.70. The van der Waals surface area contributed by atoms with Gasteiger partial charge >= 0.3 is 5.69 Å². The molecular formula is C11H19N5O3. The van der Waals surface area contributed by atoms with Crippen molar-refractivity contribution in [2.75, 3.05) is 45.8 Å². The summed E-state index contributed by atoms with van der Waals surface area (Å²) in [4.78, 5) is 16.6. The lowest BCUT2D eigenvalue weighted by molar-refractivity contribution is -0.386. The molecule has 0 unspecified atom stereocenters. The molecular weight excluding hydrogens is 250 g/mol. The average Bonchev–Trinajstić information content (AvgIpc) is 2.36. The van der Waals surface area contributed by atoms with Crippen molar-refractivity contribution in [1.29, 1.82) is 0 Å². The van der Waals surface area contributed by atoms with E-state index in [1.54, 1.807) is 7.05 Å². The van der Waals surface area contributed by atoms with Crippen LogP contribution in [0.2, 0.25) is 0 Å². The third-order valence-corrected chi connectivity index (χ3v) is 2.70. The number of hydrogen-bond donors (Lipinski definition) is 2. The average molecular weight is 269 g/mol. The number of anilines is 2. The Morgan fingerprint density at radius 3 is 2.58 bits per heavy atom. The van der Waals surface area contributed by atoms with E-state index in [1.807, 2.05) is 19.0 Å². The number of nitrogens with zero attached hydrogens (tertiary/aromatic N) is 3. The molecule has 0 aliphatic heterocycles. The van der Waals surface area contributed by atoms with Crippen molar-refractivity contribution in [3.8, 4) is 5.88 Å². The summed E-state index contributed by atoms with van der Waals surface area (Å²) in [6.45, 7) is 0.640. The number of aromatic nitrogens is 1. The number of nitrogens with one attached hydrogen (secondary N) is 1. The smallest absolute Gasteiger partial charge is 0.336 e. The van der Waals surface area contributed by atoms with Crippen LogP contribution in [0.3, 0.4) is 0 Å². The van der Waals surface area contributed by atoms with E-state index in [9.17, 15) is 10.1 Å². The lowest BCUT2D eigenvalue weighted by atomic mass is 10.1. The minimum absolute atomic E-state index is 0.0303. The van der Waals surface area contributed by atoms with E-state index in [0.29, 0.717) is 24.3 Å². The van der Waals surface area contributed by atoms with Crippen molar-refractivity contribution in [3.63, 3.8) is 0 Å². The second-order valence-electron chi connectivity index (χ2n) is 4.27. The molecule has 106 valence electrons. The molecule has 0 amide bonds. The molecule has 0 radical (unpaired) electrons. The lowest BCUT2D eigenvalue weighted by Gasteiger charge is -2.15. The third kappa shape index (κ3) is 3.22. The molecule has 3 N–H and O–H groups in total. The summed E-state index contributed by atoms with van der Waals surface area (Å²) in [5, 5.41) is 14.0.